The molecule has 0 radical (unpaired) electrons. The van der Waals surface area contributed by atoms with Gasteiger partial charge < -0.3 is 0 Å². The summed E-state index contributed by atoms with van der Waals surface area (Å²) in [6.45, 7) is 0. The van der Waals surface area contributed by atoms with Crippen LogP contribution in [0, 0.1) is 0 Å². The van der Waals surface area contributed by atoms with Crippen LogP contribution in [0.5, 0.6) is 0 Å². The van der Waals surface area contributed by atoms with E-state index in [0.29, 0.717) is 5.25 Å². The van der Waals surface area contributed by atoms with E-state index in [2.05, 4.69) is 54.6 Å². The van der Waals surface area contributed by atoms with Crippen molar-refractivity contribution >= 4 is 11.8 Å². The summed E-state index contributed by atoms with van der Waals surface area (Å²) in [6, 6.07) is 19.7. The zero-order valence-corrected chi connectivity index (χ0v) is 10.6. The van der Waals surface area contributed by atoms with Crippen LogP contribution in [-0.2, 0) is 6.42 Å². The quantitative estimate of drug-likeness (QED) is 0.686. The summed E-state index contributed by atoms with van der Waals surface area (Å²) in [6.07, 6.45) is 3.81. The molecule has 0 nitrogen and oxygen atoms in total. The summed E-state index contributed by atoms with van der Waals surface area (Å²) in [7, 11) is 0. The van der Waals surface area contributed by atoms with Crippen molar-refractivity contribution in [3.8, 4) is 0 Å². The van der Waals surface area contributed by atoms with E-state index < -0.39 is 0 Å². The van der Waals surface area contributed by atoms with Crippen molar-refractivity contribution in [3.05, 3.63) is 65.7 Å². The van der Waals surface area contributed by atoms with Gasteiger partial charge >= 0.3 is 0 Å². The Labute approximate surface area is 107 Å². The molecule has 0 aliphatic carbocycles. The molecule has 86 valence electrons. The SMILES string of the molecule is c1ccc(C2CCCc3ccccc3S2)cc1. The molecule has 1 heteroatoms. The van der Waals surface area contributed by atoms with E-state index in [9.17, 15) is 0 Å². The van der Waals surface area contributed by atoms with Gasteiger partial charge in [0.25, 0.3) is 0 Å². The maximum Gasteiger partial charge on any atom is 0.0344 e. The Bertz CT molecular complexity index is 490. The summed E-state index contributed by atoms with van der Waals surface area (Å²) in [5, 5.41) is 0.625. The minimum absolute atomic E-state index is 0.625. The molecule has 0 saturated heterocycles. The molecule has 2 aromatic carbocycles. The molecule has 0 fully saturated rings. The molecule has 1 aliphatic rings. The smallest absolute Gasteiger partial charge is 0.0344 e. The van der Waals surface area contributed by atoms with Gasteiger partial charge in [-0.05, 0) is 36.5 Å². The Hall–Kier alpha value is -1.21. The Kier molecular flexibility index (Phi) is 3.19. The van der Waals surface area contributed by atoms with Gasteiger partial charge in [-0.3, -0.25) is 0 Å². The topological polar surface area (TPSA) is 0 Å². The van der Waals surface area contributed by atoms with Crippen molar-refractivity contribution in [3.63, 3.8) is 0 Å². The molecule has 0 spiro atoms. The summed E-state index contributed by atoms with van der Waals surface area (Å²) in [4.78, 5) is 1.47. The van der Waals surface area contributed by atoms with Crippen molar-refractivity contribution < 1.29 is 0 Å². The van der Waals surface area contributed by atoms with Crippen LogP contribution in [0.25, 0.3) is 0 Å². The Balaban J connectivity index is 1.91. The Morgan fingerprint density at radius 3 is 2.53 bits per heavy atom. The van der Waals surface area contributed by atoms with Gasteiger partial charge in [-0.25, -0.2) is 0 Å². The van der Waals surface area contributed by atoms with Gasteiger partial charge in [0.2, 0.25) is 0 Å². The predicted octanol–water partition coefficient (Wildman–Crippen LogP) is 4.86. The molecule has 3 rings (SSSR count). The van der Waals surface area contributed by atoms with Crippen LogP contribution in [0.4, 0.5) is 0 Å². The fraction of sp³-hybridized carbons (Fsp3) is 0.250. The number of benzene rings is 2. The number of aryl methyl sites for hydroxylation is 1. The van der Waals surface area contributed by atoms with E-state index in [1.807, 2.05) is 11.8 Å². The Morgan fingerprint density at radius 1 is 0.882 bits per heavy atom. The molecule has 1 unspecified atom stereocenters. The average molecular weight is 240 g/mol. The van der Waals surface area contributed by atoms with Crippen LogP contribution in [0.2, 0.25) is 0 Å². The van der Waals surface area contributed by atoms with Crippen LogP contribution in [0.3, 0.4) is 0 Å². The van der Waals surface area contributed by atoms with E-state index in [-0.39, 0.29) is 0 Å². The van der Waals surface area contributed by atoms with Crippen LogP contribution in [0.1, 0.15) is 29.2 Å². The molecular formula is C16H16S. The van der Waals surface area contributed by atoms with Gasteiger partial charge in [-0.15, -0.1) is 11.8 Å². The van der Waals surface area contributed by atoms with Gasteiger partial charge in [0.05, 0.1) is 0 Å². The van der Waals surface area contributed by atoms with Crippen molar-refractivity contribution in [1.82, 2.24) is 0 Å². The molecule has 0 saturated carbocycles. The molecule has 0 bridgehead atoms. The standard InChI is InChI=1S/C16H16S/c1-2-7-13(8-3-1)16-12-6-10-14-9-4-5-11-15(14)17-16/h1-5,7-9,11,16H,6,10,12H2. The summed E-state index contributed by atoms with van der Waals surface area (Å²) < 4.78 is 0. The van der Waals surface area contributed by atoms with E-state index >= 15 is 0 Å². The minimum Gasteiger partial charge on any atom is -0.118 e. The lowest BCUT2D eigenvalue weighted by Gasteiger charge is -2.14. The van der Waals surface area contributed by atoms with Crippen molar-refractivity contribution in [2.24, 2.45) is 0 Å². The van der Waals surface area contributed by atoms with Crippen molar-refractivity contribution in [2.75, 3.05) is 0 Å². The largest absolute Gasteiger partial charge is 0.118 e. The summed E-state index contributed by atoms with van der Waals surface area (Å²) in [5.41, 5.74) is 2.99. The molecule has 1 aliphatic heterocycles. The maximum absolute atomic E-state index is 2.27. The molecule has 2 aromatic rings. The molecule has 17 heavy (non-hydrogen) atoms. The first-order chi connectivity index (χ1) is 8.43. The van der Waals surface area contributed by atoms with Crippen molar-refractivity contribution in [1.29, 1.82) is 0 Å². The number of hydrogen-bond acceptors (Lipinski definition) is 1. The van der Waals surface area contributed by atoms with Gasteiger partial charge in [0.1, 0.15) is 0 Å². The van der Waals surface area contributed by atoms with Gasteiger partial charge in [-0.2, -0.15) is 0 Å². The van der Waals surface area contributed by atoms with Crippen LogP contribution >= 0.6 is 11.8 Å². The first kappa shape index (κ1) is 10.9. The Morgan fingerprint density at radius 2 is 1.65 bits per heavy atom. The van der Waals surface area contributed by atoms with Crippen LogP contribution in [-0.4, -0.2) is 0 Å². The highest BCUT2D eigenvalue weighted by atomic mass is 32.2. The first-order valence-corrected chi connectivity index (χ1v) is 7.11. The molecule has 0 N–H and O–H groups in total. The van der Waals surface area contributed by atoms with Crippen LogP contribution in [0.15, 0.2) is 59.5 Å². The number of fused-ring (bicyclic) bond motifs is 1. The van der Waals surface area contributed by atoms with E-state index in [1.165, 1.54) is 35.3 Å². The lowest BCUT2D eigenvalue weighted by atomic mass is 10.0. The zero-order valence-electron chi connectivity index (χ0n) is 9.80. The van der Waals surface area contributed by atoms with E-state index in [4.69, 9.17) is 0 Å². The number of thioether (sulfide) groups is 1. The summed E-state index contributed by atoms with van der Waals surface area (Å²) >= 11 is 2.03. The highest BCUT2D eigenvalue weighted by Crippen LogP contribution is 2.42. The molecule has 0 aromatic heterocycles. The van der Waals surface area contributed by atoms with Gasteiger partial charge in [0, 0.05) is 10.1 Å². The number of rotatable bonds is 1. The fourth-order valence-corrected chi connectivity index (χ4v) is 3.78. The molecule has 1 atom stereocenters. The first-order valence-electron chi connectivity index (χ1n) is 6.23. The monoisotopic (exact) mass is 240 g/mol. The molecule has 0 amide bonds. The third-order valence-corrected chi connectivity index (χ3v) is 4.77. The zero-order chi connectivity index (χ0) is 11.5. The normalized spacial score (nSPS) is 19.4. The van der Waals surface area contributed by atoms with Gasteiger partial charge in [-0.1, -0.05) is 48.5 Å². The second-order valence-corrected chi connectivity index (χ2v) is 5.76. The van der Waals surface area contributed by atoms with Crippen LogP contribution < -0.4 is 0 Å². The van der Waals surface area contributed by atoms with Gasteiger partial charge in [0.15, 0.2) is 0 Å². The second kappa shape index (κ2) is 4.97. The lowest BCUT2D eigenvalue weighted by molar-refractivity contribution is 0.730. The third kappa shape index (κ3) is 2.39. The highest BCUT2D eigenvalue weighted by molar-refractivity contribution is 7.99. The third-order valence-electron chi connectivity index (χ3n) is 3.33. The molecule has 1 heterocycles. The second-order valence-electron chi connectivity index (χ2n) is 4.52. The molecular weight excluding hydrogens is 224 g/mol. The average Bonchev–Trinajstić information content (AvgIpc) is 2.62. The predicted molar refractivity (Wildman–Crippen MR) is 74.4 cm³/mol. The van der Waals surface area contributed by atoms with Crippen molar-refractivity contribution in [2.45, 2.75) is 29.4 Å². The number of hydrogen-bond donors (Lipinski definition) is 0. The fourth-order valence-electron chi connectivity index (χ4n) is 2.42. The van der Waals surface area contributed by atoms with E-state index in [1.54, 1.807) is 0 Å². The van der Waals surface area contributed by atoms with E-state index in [0.717, 1.165) is 0 Å². The maximum atomic E-state index is 2.27. The lowest BCUT2D eigenvalue weighted by Crippen LogP contribution is -1.91. The minimum atomic E-state index is 0.625. The highest BCUT2D eigenvalue weighted by Gasteiger charge is 2.18. The summed E-state index contributed by atoms with van der Waals surface area (Å²) in [5.74, 6) is 0.